The van der Waals surface area contributed by atoms with Gasteiger partial charge in [0, 0.05) is 24.1 Å². The molecule has 0 bridgehead atoms. The van der Waals surface area contributed by atoms with Crippen LogP contribution in [-0.2, 0) is 17.1 Å². The smallest absolute Gasteiger partial charge is 0.262 e. The first-order valence-corrected chi connectivity index (χ1v) is 9.46. The van der Waals surface area contributed by atoms with Crippen LogP contribution in [0.2, 0.25) is 0 Å². The average molecular weight is 383 g/mol. The fourth-order valence-corrected chi connectivity index (χ4v) is 3.88. The number of nitrogens with one attached hydrogen (secondary N) is 1. The summed E-state index contributed by atoms with van der Waals surface area (Å²) < 4.78 is 34.7. The highest BCUT2D eigenvalue weighted by atomic mass is 32.2. The maximum atomic E-state index is 12.7. The molecule has 0 aliphatic rings. The Bertz CT molecular complexity index is 1240. The Labute approximate surface area is 156 Å². The van der Waals surface area contributed by atoms with Crippen molar-refractivity contribution in [1.82, 2.24) is 4.57 Å². The first kappa shape index (κ1) is 18.5. The van der Waals surface area contributed by atoms with E-state index in [1.165, 1.54) is 35.9 Å². The summed E-state index contributed by atoms with van der Waals surface area (Å²) in [6, 6.07) is 12.5. The number of rotatable bonds is 4. The number of methoxy groups -OCH3 is 1. The number of hydrogen-bond acceptors (Lipinski definition) is 5. The molecule has 0 fully saturated rings. The van der Waals surface area contributed by atoms with Gasteiger partial charge in [0.05, 0.1) is 34.8 Å². The minimum absolute atomic E-state index is 0.0280. The van der Waals surface area contributed by atoms with Gasteiger partial charge in [0.25, 0.3) is 15.6 Å². The van der Waals surface area contributed by atoms with Crippen LogP contribution in [0.25, 0.3) is 10.9 Å². The third kappa shape index (κ3) is 3.37. The Balaban J connectivity index is 2.11. The quantitative estimate of drug-likeness (QED) is 0.746. The van der Waals surface area contributed by atoms with Crippen molar-refractivity contribution < 1.29 is 13.2 Å². The van der Waals surface area contributed by atoms with E-state index in [2.05, 4.69) is 4.72 Å². The predicted octanol–water partition coefficient (Wildman–Crippen LogP) is 2.53. The summed E-state index contributed by atoms with van der Waals surface area (Å²) >= 11 is 0. The third-order valence-electron chi connectivity index (χ3n) is 4.26. The molecule has 27 heavy (non-hydrogen) atoms. The highest BCUT2D eigenvalue weighted by molar-refractivity contribution is 7.92. The monoisotopic (exact) mass is 383 g/mol. The standard InChI is InChI=1S/C19H17N3O4S/c1-12-8-14-9-16(18(26-3)10-17(14)22(2)19(12)23)21-27(24,25)15-6-4-13(11-20)5-7-15/h4-10,21H,1-3H3. The van der Waals surface area contributed by atoms with Crippen LogP contribution in [-0.4, -0.2) is 20.1 Å². The molecule has 3 rings (SSSR count). The first-order chi connectivity index (χ1) is 12.8. The number of sulfonamides is 1. The van der Waals surface area contributed by atoms with Crippen LogP contribution in [0, 0.1) is 18.3 Å². The molecule has 3 aromatic rings. The topological polar surface area (TPSA) is 101 Å². The summed E-state index contributed by atoms with van der Waals surface area (Å²) in [5.74, 6) is 0.290. The van der Waals surface area contributed by atoms with Gasteiger partial charge in [0.15, 0.2) is 0 Å². The van der Waals surface area contributed by atoms with E-state index in [1.807, 2.05) is 6.07 Å². The van der Waals surface area contributed by atoms with Crippen LogP contribution in [0.1, 0.15) is 11.1 Å². The van der Waals surface area contributed by atoms with Crippen LogP contribution in [0.15, 0.2) is 52.2 Å². The highest BCUT2D eigenvalue weighted by Crippen LogP contribution is 2.31. The van der Waals surface area contributed by atoms with E-state index in [-0.39, 0.29) is 16.1 Å². The lowest BCUT2D eigenvalue weighted by Gasteiger charge is -2.15. The number of anilines is 1. The number of fused-ring (bicyclic) bond motifs is 1. The molecule has 0 saturated heterocycles. The molecule has 0 radical (unpaired) electrons. The molecule has 1 heterocycles. The number of aryl methyl sites for hydroxylation is 2. The number of nitriles is 1. The molecular formula is C19H17N3O4S. The van der Waals surface area contributed by atoms with E-state index < -0.39 is 10.0 Å². The highest BCUT2D eigenvalue weighted by Gasteiger charge is 2.18. The van der Waals surface area contributed by atoms with Gasteiger partial charge in [-0.3, -0.25) is 9.52 Å². The van der Waals surface area contributed by atoms with Gasteiger partial charge >= 0.3 is 0 Å². The molecule has 1 N–H and O–H groups in total. The first-order valence-electron chi connectivity index (χ1n) is 7.98. The maximum Gasteiger partial charge on any atom is 0.262 e. The van der Waals surface area contributed by atoms with E-state index in [9.17, 15) is 13.2 Å². The van der Waals surface area contributed by atoms with E-state index in [0.717, 1.165) is 0 Å². The van der Waals surface area contributed by atoms with Gasteiger partial charge in [-0.2, -0.15) is 5.26 Å². The van der Waals surface area contributed by atoms with Gasteiger partial charge in [-0.05, 0) is 43.3 Å². The van der Waals surface area contributed by atoms with Gasteiger partial charge in [-0.1, -0.05) is 0 Å². The van der Waals surface area contributed by atoms with Crippen molar-refractivity contribution in [2.24, 2.45) is 7.05 Å². The summed E-state index contributed by atoms with van der Waals surface area (Å²) in [6.07, 6.45) is 0. The maximum absolute atomic E-state index is 12.7. The molecule has 0 aliphatic carbocycles. The number of benzene rings is 2. The average Bonchev–Trinajstić information content (AvgIpc) is 2.65. The number of nitrogens with zero attached hydrogens (tertiary/aromatic N) is 2. The molecule has 2 aromatic carbocycles. The number of ether oxygens (including phenoxy) is 1. The molecule has 0 atom stereocenters. The third-order valence-corrected chi connectivity index (χ3v) is 5.64. The zero-order valence-electron chi connectivity index (χ0n) is 15.0. The van der Waals surface area contributed by atoms with Gasteiger partial charge in [0.1, 0.15) is 5.75 Å². The van der Waals surface area contributed by atoms with E-state index >= 15 is 0 Å². The Hall–Kier alpha value is -3.31. The molecule has 0 aliphatic heterocycles. The van der Waals surface area contributed by atoms with Crippen LogP contribution in [0.4, 0.5) is 5.69 Å². The largest absolute Gasteiger partial charge is 0.494 e. The summed E-state index contributed by atoms with van der Waals surface area (Å²) in [5, 5.41) is 9.55. The molecule has 1 aromatic heterocycles. The van der Waals surface area contributed by atoms with Crippen molar-refractivity contribution in [3.63, 3.8) is 0 Å². The fraction of sp³-hybridized carbons (Fsp3) is 0.158. The Morgan fingerprint density at radius 3 is 2.41 bits per heavy atom. The number of aromatic nitrogens is 1. The zero-order valence-corrected chi connectivity index (χ0v) is 15.8. The van der Waals surface area contributed by atoms with Crippen LogP contribution in [0.3, 0.4) is 0 Å². The summed E-state index contributed by atoms with van der Waals surface area (Å²) in [4.78, 5) is 12.1. The van der Waals surface area contributed by atoms with Gasteiger partial charge in [-0.25, -0.2) is 8.42 Å². The van der Waals surface area contributed by atoms with Gasteiger partial charge in [-0.15, -0.1) is 0 Å². The molecule has 0 unspecified atom stereocenters. The van der Waals surface area contributed by atoms with Crippen molar-refractivity contribution in [2.45, 2.75) is 11.8 Å². The molecule has 8 heteroatoms. The summed E-state index contributed by atoms with van der Waals surface area (Å²) in [6.45, 7) is 1.70. The second-order valence-corrected chi connectivity index (χ2v) is 7.73. The molecule has 138 valence electrons. The molecule has 0 saturated carbocycles. The molecule has 7 nitrogen and oxygen atoms in total. The fourth-order valence-electron chi connectivity index (χ4n) is 2.82. The SMILES string of the molecule is COc1cc2c(cc1NS(=O)(=O)c1ccc(C#N)cc1)cc(C)c(=O)n2C. The van der Waals surface area contributed by atoms with Crippen LogP contribution >= 0.6 is 0 Å². The number of hydrogen-bond donors (Lipinski definition) is 1. The van der Waals surface area contributed by atoms with Gasteiger partial charge < -0.3 is 9.30 Å². The van der Waals surface area contributed by atoms with E-state index in [4.69, 9.17) is 10.00 Å². The van der Waals surface area contributed by atoms with Crippen molar-refractivity contribution >= 4 is 26.6 Å². The van der Waals surface area contributed by atoms with Crippen molar-refractivity contribution in [2.75, 3.05) is 11.8 Å². The molecule has 0 spiro atoms. The molecule has 0 amide bonds. The molecular weight excluding hydrogens is 366 g/mol. The lowest BCUT2D eigenvalue weighted by molar-refractivity contribution is 0.417. The van der Waals surface area contributed by atoms with Crippen molar-refractivity contribution in [1.29, 1.82) is 5.26 Å². The second-order valence-electron chi connectivity index (χ2n) is 6.04. The van der Waals surface area contributed by atoms with Crippen LogP contribution < -0.4 is 15.0 Å². The van der Waals surface area contributed by atoms with E-state index in [0.29, 0.717) is 27.8 Å². The minimum Gasteiger partial charge on any atom is -0.494 e. The Morgan fingerprint density at radius 2 is 1.81 bits per heavy atom. The van der Waals surface area contributed by atoms with E-state index in [1.54, 1.807) is 32.2 Å². The van der Waals surface area contributed by atoms with Gasteiger partial charge in [0.2, 0.25) is 0 Å². The minimum atomic E-state index is -3.88. The normalized spacial score (nSPS) is 11.2. The summed E-state index contributed by atoms with van der Waals surface area (Å²) in [5.41, 5.74) is 1.68. The second kappa shape index (κ2) is 6.78. The lowest BCUT2D eigenvalue weighted by atomic mass is 10.1. The van der Waals surface area contributed by atoms with Crippen molar-refractivity contribution in [3.05, 3.63) is 63.9 Å². The summed E-state index contributed by atoms with van der Waals surface area (Å²) in [7, 11) is -0.802. The Kier molecular flexibility index (Phi) is 4.64. The predicted molar refractivity (Wildman–Crippen MR) is 102 cm³/mol. The zero-order chi connectivity index (χ0) is 19.8. The Morgan fingerprint density at radius 1 is 1.15 bits per heavy atom. The van der Waals surface area contributed by atoms with Crippen molar-refractivity contribution in [3.8, 4) is 11.8 Å². The lowest BCUT2D eigenvalue weighted by Crippen LogP contribution is -2.19. The number of pyridine rings is 1. The van der Waals surface area contributed by atoms with Crippen LogP contribution in [0.5, 0.6) is 5.75 Å².